The third-order valence-electron chi connectivity index (χ3n) is 2.64. The van der Waals surface area contributed by atoms with Gasteiger partial charge in [0.15, 0.2) is 0 Å². The van der Waals surface area contributed by atoms with E-state index in [9.17, 15) is 17.9 Å². The summed E-state index contributed by atoms with van der Waals surface area (Å²) in [4.78, 5) is 1.56. The third kappa shape index (κ3) is 5.19. The Kier molecular flexibility index (Phi) is 5.73. The molecule has 0 fully saturated rings. The molecule has 0 aliphatic carbocycles. The van der Waals surface area contributed by atoms with Crippen molar-refractivity contribution in [3.8, 4) is 0 Å². The lowest BCUT2D eigenvalue weighted by molar-refractivity contribution is 0.0386. The molecule has 0 amide bonds. The van der Waals surface area contributed by atoms with Crippen molar-refractivity contribution >= 4 is 31.6 Å². The second-order valence-corrected chi connectivity index (χ2v) is 7.95. The Labute approximate surface area is 132 Å². The highest BCUT2D eigenvalue weighted by molar-refractivity contribution is 9.10. The van der Waals surface area contributed by atoms with Gasteiger partial charge in [0, 0.05) is 17.6 Å². The molecule has 0 bridgehead atoms. The number of nitrogen functional groups attached to an aromatic ring is 1. The van der Waals surface area contributed by atoms with Gasteiger partial charge in [-0.25, -0.2) is 17.5 Å². The van der Waals surface area contributed by atoms with Crippen LogP contribution in [0.1, 0.15) is 6.92 Å². The first kappa shape index (κ1) is 18.3. The second-order valence-electron chi connectivity index (χ2n) is 5.36. The molecule has 120 valence electrons. The average molecular weight is 384 g/mol. The van der Waals surface area contributed by atoms with Gasteiger partial charge in [-0.05, 0) is 49.1 Å². The van der Waals surface area contributed by atoms with Crippen LogP contribution in [0.2, 0.25) is 0 Å². The molecular weight excluding hydrogens is 365 g/mol. The van der Waals surface area contributed by atoms with E-state index in [2.05, 4.69) is 20.7 Å². The number of nitrogens with zero attached hydrogens (tertiary/aromatic N) is 1. The predicted octanol–water partition coefficient (Wildman–Crippen LogP) is 0.761. The Bertz CT molecular complexity index is 620. The molecule has 1 aromatic rings. The van der Waals surface area contributed by atoms with E-state index in [4.69, 9.17) is 5.73 Å². The molecule has 0 saturated carbocycles. The maximum Gasteiger partial charge on any atom is 0.241 e. The Hall–Kier alpha value is -0.740. The zero-order valence-corrected chi connectivity index (χ0v) is 14.4. The fourth-order valence-electron chi connectivity index (χ4n) is 1.82. The Morgan fingerprint density at radius 2 is 2.05 bits per heavy atom. The third-order valence-corrected chi connectivity index (χ3v) is 5.00. The van der Waals surface area contributed by atoms with Crippen molar-refractivity contribution in [1.82, 2.24) is 9.62 Å². The number of halogens is 2. The van der Waals surface area contributed by atoms with Crippen LogP contribution in [0.5, 0.6) is 0 Å². The minimum absolute atomic E-state index is 0.0638. The van der Waals surface area contributed by atoms with E-state index in [1.807, 2.05) is 0 Å². The van der Waals surface area contributed by atoms with E-state index in [-0.39, 0.29) is 28.1 Å². The van der Waals surface area contributed by atoms with Crippen LogP contribution in [0.4, 0.5) is 10.1 Å². The lowest BCUT2D eigenvalue weighted by Crippen LogP contribution is -2.47. The number of rotatable bonds is 6. The summed E-state index contributed by atoms with van der Waals surface area (Å²) in [6.45, 7) is 1.61. The number of hydrogen-bond acceptors (Lipinski definition) is 5. The van der Waals surface area contributed by atoms with Crippen molar-refractivity contribution in [3.05, 3.63) is 22.4 Å². The van der Waals surface area contributed by atoms with Crippen molar-refractivity contribution in [2.24, 2.45) is 0 Å². The molecule has 0 heterocycles. The quantitative estimate of drug-likeness (QED) is 0.630. The van der Waals surface area contributed by atoms with Crippen LogP contribution in [0.3, 0.4) is 0 Å². The molecule has 0 spiro atoms. The number of nitrogens with two attached hydrogens (primary N) is 1. The summed E-state index contributed by atoms with van der Waals surface area (Å²) >= 11 is 2.99. The van der Waals surface area contributed by atoms with Crippen molar-refractivity contribution < 1.29 is 17.9 Å². The van der Waals surface area contributed by atoms with E-state index >= 15 is 0 Å². The summed E-state index contributed by atoms with van der Waals surface area (Å²) in [5.74, 6) is -0.708. The van der Waals surface area contributed by atoms with E-state index in [1.54, 1.807) is 19.0 Å². The molecule has 9 heteroatoms. The standard InChI is InChI=1S/C12H19BrFN3O3S/c1-12(18,7-17(2)3)6-16-21(19,20)11-5-10(15)9(14)4-8(11)13/h4-5,16,18H,6-7,15H2,1-3H3. The first-order chi connectivity index (χ1) is 9.44. The molecule has 1 rings (SSSR count). The van der Waals surface area contributed by atoms with E-state index in [0.29, 0.717) is 0 Å². The van der Waals surface area contributed by atoms with Crippen molar-refractivity contribution in [2.75, 3.05) is 32.9 Å². The van der Waals surface area contributed by atoms with E-state index in [1.165, 1.54) is 6.92 Å². The SMILES string of the molecule is CN(C)CC(C)(O)CNS(=O)(=O)c1cc(N)c(F)cc1Br. The number of anilines is 1. The first-order valence-corrected chi connectivity index (χ1v) is 8.33. The maximum atomic E-state index is 13.3. The van der Waals surface area contributed by atoms with Gasteiger partial charge in [0.1, 0.15) is 5.82 Å². The summed E-state index contributed by atoms with van der Waals surface area (Å²) in [6, 6.07) is 2.02. The molecule has 0 aliphatic heterocycles. The number of aliphatic hydroxyl groups is 1. The lowest BCUT2D eigenvalue weighted by Gasteiger charge is -2.27. The van der Waals surface area contributed by atoms with Gasteiger partial charge in [-0.2, -0.15) is 0 Å². The highest BCUT2D eigenvalue weighted by Gasteiger charge is 2.26. The molecule has 6 nitrogen and oxygen atoms in total. The molecule has 0 aliphatic rings. The zero-order chi connectivity index (χ0) is 16.4. The molecule has 4 N–H and O–H groups in total. The summed E-state index contributed by atoms with van der Waals surface area (Å²) in [6.07, 6.45) is 0. The topological polar surface area (TPSA) is 95.7 Å². The van der Waals surface area contributed by atoms with Crippen molar-refractivity contribution in [2.45, 2.75) is 17.4 Å². The largest absolute Gasteiger partial charge is 0.396 e. The van der Waals surface area contributed by atoms with Gasteiger partial charge in [-0.1, -0.05) is 0 Å². The zero-order valence-electron chi connectivity index (χ0n) is 12.0. The van der Waals surface area contributed by atoms with Crippen LogP contribution < -0.4 is 10.5 Å². The highest BCUT2D eigenvalue weighted by atomic mass is 79.9. The number of nitrogens with one attached hydrogen (secondary N) is 1. The van der Waals surface area contributed by atoms with Crippen LogP contribution >= 0.6 is 15.9 Å². The number of sulfonamides is 1. The minimum Gasteiger partial charge on any atom is -0.396 e. The summed E-state index contributed by atoms with van der Waals surface area (Å²) in [5.41, 5.74) is 3.88. The summed E-state index contributed by atoms with van der Waals surface area (Å²) < 4.78 is 40.0. The Morgan fingerprint density at radius 1 is 1.48 bits per heavy atom. The van der Waals surface area contributed by atoms with Crippen LogP contribution in [-0.4, -0.2) is 51.2 Å². The van der Waals surface area contributed by atoms with Crippen LogP contribution in [0, 0.1) is 5.82 Å². The molecule has 1 unspecified atom stereocenters. The fourth-order valence-corrected chi connectivity index (χ4v) is 4.03. The monoisotopic (exact) mass is 383 g/mol. The van der Waals surface area contributed by atoms with Gasteiger partial charge in [0.2, 0.25) is 10.0 Å². The predicted molar refractivity (Wildman–Crippen MR) is 82.9 cm³/mol. The van der Waals surface area contributed by atoms with Crippen LogP contribution in [0.15, 0.2) is 21.5 Å². The fraction of sp³-hybridized carbons (Fsp3) is 0.500. The van der Waals surface area contributed by atoms with E-state index < -0.39 is 21.4 Å². The summed E-state index contributed by atoms with van der Waals surface area (Å²) in [7, 11) is -0.393. The van der Waals surface area contributed by atoms with Crippen LogP contribution in [-0.2, 0) is 10.0 Å². The van der Waals surface area contributed by atoms with Crippen molar-refractivity contribution in [1.29, 1.82) is 0 Å². The van der Waals surface area contributed by atoms with Gasteiger partial charge in [-0.3, -0.25) is 0 Å². The smallest absolute Gasteiger partial charge is 0.241 e. The van der Waals surface area contributed by atoms with Crippen molar-refractivity contribution in [3.63, 3.8) is 0 Å². The molecule has 21 heavy (non-hydrogen) atoms. The Balaban J connectivity index is 2.95. The molecule has 1 atom stereocenters. The molecule has 0 aromatic heterocycles. The Morgan fingerprint density at radius 3 is 2.57 bits per heavy atom. The number of benzene rings is 1. The van der Waals surface area contributed by atoms with Crippen LogP contribution in [0.25, 0.3) is 0 Å². The minimum atomic E-state index is -3.92. The molecule has 1 aromatic carbocycles. The first-order valence-electron chi connectivity index (χ1n) is 6.06. The second kappa shape index (κ2) is 6.57. The summed E-state index contributed by atoms with van der Waals surface area (Å²) in [5, 5.41) is 10.1. The van der Waals surface area contributed by atoms with Gasteiger partial charge in [0.05, 0.1) is 16.2 Å². The lowest BCUT2D eigenvalue weighted by atomic mass is 10.1. The van der Waals surface area contributed by atoms with Gasteiger partial charge >= 0.3 is 0 Å². The average Bonchev–Trinajstić information content (AvgIpc) is 2.30. The van der Waals surface area contributed by atoms with E-state index in [0.717, 1.165) is 12.1 Å². The maximum absolute atomic E-state index is 13.3. The molecule has 0 radical (unpaired) electrons. The van der Waals surface area contributed by atoms with Gasteiger partial charge < -0.3 is 15.7 Å². The molecular formula is C12H19BrFN3O3S. The number of hydrogen-bond donors (Lipinski definition) is 3. The number of likely N-dealkylation sites (N-methyl/N-ethyl adjacent to an activating group) is 1. The van der Waals surface area contributed by atoms with Gasteiger partial charge in [0.25, 0.3) is 0 Å². The van der Waals surface area contributed by atoms with Gasteiger partial charge in [-0.15, -0.1) is 0 Å². The highest BCUT2D eigenvalue weighted by Crippen LogP contribution is 2.26. The normalized spacial score (nSPS) is 15.2. The molecule has 0 saturated heterocycles.